The Labute approximate surface area is 108 Å². The van der Waals surface area contributed by atoms with Crippen LogP contribution in [-0.4, -0.2) is 11.2 Å². The Balaban J connectivity index is 2.00. The number of nitrogen functional groups attached to an aromatic ring is 1. The monoisotopic (exact) mass is 266 g/mol. The molecule has 0 aliphatic rings. The van der Waals surface area contributed by atoms with E-state index >= 15 is 0 Å². The van der Waals surface area contributed by atoms with Crippen LogP contribution in [0.15, 0.2) is 28.8 Å². The highest BCUT2D eigenvalue weighted by atomic mass is 35.5. The van der Waals surface area contributed by atoms with Crippen LogP contribution in [0.4, 0.5) is 22.0 Å². The summed E-state index contributed by atoms with van der Waals surface area (Å²) in [6.07, 6.45) is 0. The van der Waals surface area contributed by atoms with E-state index in [1.807, 2.05) is 0 Å². The summed E-state index contributed by atoms with van der Waals surface area (Å²) in [5.41, 5.74) is 6.55. The number of amides is 2. The molecule has 0 aliphatic heterocycles. The Hall–Kier alpha value is -2.21. The molecule has 18 heavy (non-hydrogen) atoms. The van der Waals surface area contributed by atoms with Gasteiger partial charge in [-0.05, 0) is 25.1 Å². The third kappa shape index (κ3) is 2.92. The van der Waals surface area contributed by atoms with Gasteiger partial charge in [-0.2, -0.15) is 0 Å². The predicted molar refractivity (Wildman–Crippen MR) is 69.7 cm³/mol. The molecule has 0 atom stereocenters. The van der Waals surface area contributed by atoms with Crippen LogP contribution in [0.3, 0.4) is 0 Å². The fraction of sp³-hybridized carbons (Fsp3) is 0.0909. The van der Waals surface area contributed by atoms with Crippen molar-refractivity contribution in [2.24, 2.45) is 0 Å². The molecule has 4 N–H and O–H groups in total. The second-order valence-corrected chi connectivity index (χ2v) is 4.05. The van der Waals surface area contributed by atoms with E-state index in [0.29, 0.717) is 28.0 Å². The van der Waals surface area contributed by atoms with Gasteiger partial charge in [-0.3, -0.25) is 5.32 Å². The average molecular weight is 267 g/mol. The number of carbonyl (C=O) groups is 1. The number of carbonyl (C=O) groups excluding carboxylic acids is 1. The van der Waals surface area contributed by atoms with Crippen LogP contribution >= 0.6 is 11.6 Å². The summed E-state index contributed by atoms with van der Waals surface area (Å²) >= 11 is 5.84. The number of anilines is 3. The lowest BCUT2D eigenvalue weighted by molar-refractivity contribution is 0.262. The summed E-state index contributed by atoms with van der Waals surface area (Å²) in [7, 11) is 0. The van der Waals surface area contributed by atoms with Crippen LogP contribution in [-0.2, 0) is 0 Å². The first-order valence-corrected chi connectivity index (χ1v) is 5.49. The van der Waals surface area contributed by atoms with Gasteiger partial charge in [0.1, 0.15) is 5.76 Å². The summed E-state index contributed by atoms with van der Waals surface area (Å²) in [6, 6.07) is 5.98. The molecular formula is C11H11ClN4O2. The molecule has 94 valence electrons. The summed E-state index contributed by atoms with van der Waals surface area (Å²) in [4.78, 5) is 11.6. The van der Waals surface area contributed by atoms with Crippen LogP contribution < -0.4 is 16.4 Å². The quantitative estimate of drug-likeness (QED) is 0.729. The van der Waals surface area contributed by atoms with Crippen LogP contribution in [0.2, 0.25) is 5.02 Å². The number of nitrogens with zero attached hydrogens (tertiary/aromatic N) is 1. The highest BCUT2D eigenvalue weighted by molar-refractivity contribution is 6.33. The van der Waals surface area contributed by atoms with Gasteiger partial charge >= 0.3 is 6.03 Å². The standard InChI is InChI=1S/C11H11ClN4O2/c1-6-4-10(16-18-6)15-11(17)14-7-2-3-9(13)8(12)5-7/h2-5H,13H2,1H3,(H2,14,15,16,17). The Morgan fingerprint density at radius 3 is 2.78 bits per heavy atom. The zero-order valence-corrected chi connectivity index (χ0v) is 10.3. The molecule has 0 bridgehead atoms. The molecule has 2 amide bonds. The number of hydrogen-bond acceptors (Lipinski definition) is 4. The lowest BCUT2D eigenvalue weighted by Gasteiger charge is -2.06. The molecule has 1 aromatic heterocycles. The third-order valence-electron chi connectivity index (χ3n) is 2.13. The number of urea groups is 1. The van der Waals surface area contributed by atoms with Crippen LogP contribution in [0.5, 0.6) is 0 Å². The van der Waals surface area contributed by atoms with E-state index in [4.69, 9.17) is 21.9 Å². The van der Waals surface area contributed by atoms with Crippen molar-refractivity contribution in [3.05, 3.63) is 35.0 Å². The molecule has 0 saturated heterocycles. The summed E-state index contributed by atoms with van der Waals surface area (Å²) < 4.78 is 4.82. The second-order valence-electron chi connectivity index (χ2n) is 3.64. The van der Waals surface area contributed by atoms with E-state index in [1.165, 1.54) is 0 Å². The lowest BCUT2D eigenvalue weighted by Crippen LogP contribution is -2.19. The number of hydrogen-bond donors (Lipinski definition) is 3. The van der Waals surface area contributed by atoms with Gasteiger partial charge in [-0.15, -0.1) is 0 Å². The number of rotatable bonds is 2. The fourth-order valence-corrected chi connectivity index (χ4v) is 1.49. The van der Waals surface area contributed by atoms with E-state index in [1.54, 1.807) is 31.2 Å². The first kappa shape index (κ1) is 12.3. The molecular weight excluding hydrogens is 256 g/mol. The maximum Gasteiger partial charge on any atom is 0.324 e. The molecule has 0 fully saturated rings. The van der Waals surface area contributed by atoms with Crippen LogP contribution in [0, 0.1) is 6.92 Å². The van der Waals surface area contributed by atoms with Gasteiger partial charge in [0, 0.05) is 11.8 Å². The number of aryl methyl sites for hydroxylation is 1. The Bertz CT molecular complexity index is 582. The van der Waals surface area contributed by atoms with Gasteiger partial charge in [0.2, 0.25) is 0 Å². The molecule has 0 spiro atoms. The van der Waals surface area contributed by atoms with Gasteiger partial charge < -0.3 is 15.6 Å². The van der Waals surface area contributed by atoms with Gasteiger partial charge in [-0.25, -0.2) is 4.79 Å². The number of nitrogens with two attached hydrogens (primary N) is 1. The Kier molecular flexibility index (Phi) is 3.38. The van der Waals surface area contributed by atoms with Gasteiger partial charge in [-0.1, -0.05) is 16.8 Å². The lowest BCUT2D eigenvalue weighted by atomic mass is 10.3. The van der Waals surface area contributed by atoms with Crippen LogP contribution in [0.25, 0.3) is 0 Å². The number of benzene rings is 1. The normalized spacial score (nSPS) is 10.1. The van der Waals surface area contributed by atoms with Crippen molar-refractivity contribution >= 4 is 34.8 Å². The maximum absolute atomic E-state index is 11.6. The highest BCUT2D eigenvalue weighted by Gasteiger charge is 2.07. The molecule has 2 rings (SSSR count). The Morgan fingerprint density at radius 2 is 2.17 bits per heavy atom. The summed E-state index contributed by atoms with van der Waals surface area (Å²) in [5, 5.41) is 9.13. The van der Waals surface area contributed by atoms with Crippen molar-refractivity contribution in [1.29, 1.82) is 0 Å². The number of nitrogens with one attached hydrogen (secondary N) is 2. The van der Waals surface area contributed by atoms with Crippen molar-refractivity contribution in [3.8, 4) is 0 Å². The topological polar surface area (TPSA) is 93.2 Å². The zero-order chi connectivity index (χ0) is 13.1. The largest absolute Gasteiger partial charge is 0.398 e. The Morgan fingerprint density at radius 1 is 1.39 bits per heavy atom. The molecule has 7 heteroatoms. The maximum atomic E-state index is 11.6. The molecule has 0 radical (unpaired) electrons. The SMILES string of the molecule is Cc1cc(NC(=O)Nc2ccc(N)c(Cl)c2)no1. The molecule has 2 aromatic rings. The van der Waals surface area contributed by atoms with Crippen molar-refractivity contribution in [2.45, 2.75) is 6.92 Å². The van der Waals surface area contributed by atoms with Gasteiger partial charge in [0.15, 0.2) is 5.82 Å². The molecule has 0 saturated carbocycles. The third-order valence-corrected chi connectivity index (χ3v) is 2.46. The van der Waals surface area contributed by atoms with E-state index in [9.17, 15) is 4.79 Å². The molecule has 0 unspecified atom stereocenters. The number of halogens is 1. The van der Waals surface area contributed by atoms with Gasteiger partial charge in [0.05, 0.1) is 10.7 Å². The summed E-state index contributed by atoms with van der Waals surface area (Å²) in [5.74, 6) is 0.951. The summed E-state index contributed by atoms with van der Waals surface area (Å²) in [6.45, 7) is 1.73. The van der Waals surface area contributed by atoms with Crippen molar-refractivity contribution in [3.63, 3.8) is 0 Å². The zero-order valence-electron chi connectivity index (χ0n) is 9.53. The average Bonchev–Trinajstić information content (AvgIpc) is 2.69. The van der Waals surface area contributed by atoms with Crippen LogP contribution in [0.1, 0.15) is 5.76 Å². The van der Waals surface area contributed by atoms with Crippen molar-refractivity contribution < 1.29 is 9.32 Å². The van der Waals surface area contributed by atoms with E-state index < -0.39 is 6.03 Å². The number of aromatic nitrogens is 1. The van der Waals surface area contributed by atoms with E-state index in [2.05, 4.69) is 15.8 Å². The van der Waals surface area contributed by atoms with E-state index in [-0.39, 0.29) is 0 Å². The molecule has 1 heterocycles. The second kappa shape index (κ2) is 4.97. The first-order valence-electron chi connectivity index (χ1n) is 5.11. The fourth-order valence-electron chi connectivity index (χ4n) is 1.31. The molecule has 0 aliphatic carbocycles. The van der Waals surface area contributed by atoms with Gasteiger partial charge in [0.25, 0.3) is 0 Å². The molecule has 6 nitrogen and oxygen atoms in total. The van der Waals surface area contributed by atoms with Crippen molar-refractivity contribution in [1.82, 2.24) is 5.16 Å². The van der Waals surface area contributed by atoms with Crippen molar-refractivity contribution in [2.75, 3.05) is 16.4 Å². The minimum Gasteiger partial charge on any atom is -0.398 e. The molecule has 1 aromatic carbocycles. The minimum absolute atomic E-state index is 0.339. The first-order chi connectivity index (χ1) is 8.54. The smallest absolute Gasteiger partial charge is 0.324 e. The predicted octanol–water partition coefficient (Wildman–Crippen LogP) is 2.86. The van der Waals surface area contributed by atoms with E-state index in [0.717, 1.165) is 0 Å². The minimum atomic E-state index is -0.441. The highest BCUT2D eigenvalue weighted by Crippen LogP contribution is 2.22.